The van der Waals surface area contributed by atoms with Crippen molar-refractivity contribution < 1.29 is 14.3 Å². The summed E-state index contributed by atoms with van der Waals surface area (Å²) in [5, 5.41) is 7.38. The molecule has 0 bridgehead atoms. The van der Waals surface area contributed by atoms with E-state index in [-0.39, 0.29) is 11.8 Å². The number of fused-ring (bicyclic) bond motifs is 1. The fraction of sp³-hybridized carbons (Fsp3) is 0.333. The van der Waals surface area contributed by atoms with E-state index in [1.54, 1.807) is 19.4 Å². The van der Waals surface area contributed by atoms with Crippen LogP contribution in [0.25, 0.3) is 10.9 Å². The van der Waals surface area contributed by atoms with Crippen molar-refractivity contribution in [2.75, 3.05) is 19.0 Å². The number of anilines is 1. The number of benzene rings is 2. The van der Waals surface area contributed by atoms with Gasteiger partial charge in [-0.15, -0.1) is 0 Å². The van der Waals surface area contributed by atoms with Crippen molar-refractivity contribution >= 4 is 40.0 Å². The van der Waals surface area contributed by atoms with E-state index in [9.17, 15) is 9.59 Å². The van der Waals surface area contributed by atoms with Gasteiger partial charge >= 0.3 is 0 Å². The van der Waals surface area contributed by atoms with Crippen molar-refractivity contribution in [2.45, 2.75) is 51.9 Å². The summed E-state index contributed by atoms with van der Waals surface area (Å²) in [4.78, 5) is 35.0. The molecule has 1 saturated carbocycles. The zero-order chi connectivity index (χ0) is 28.8. The molecular formula is C33H35ClN4O3. The molecule has 0 radical (unpaired) electrons. The largest absolute Gasteiger partial charge is 0.496 e. The second kappa shape index (κ2) is 12.7. The predicted octanol–water partition coefficient (Wildman–Crippen LogP) is 6.11. The van der Waals surface area contributed by atoms with Crippen molar-refractivity contribution in [2.24, 2.45) is 5.41 Å². The molecule has 5 rings (SSSR count). The van der Waals surface area contributed by atoms with Gasteiger partial charge in [0, 0.05) is 24.2 Å². The maximum absolute atomic E-state index is 13.1. The van der Waals surface area contributed by atoms with Crippen LogP contribution in [0.3, 0.4) is 0 Å². The van der Waals surface area contributed by atoms with Gasteiger partial charge < -0.3 is 15.4 Å². The van der Waals surface area contributed by atoms with Crippen LogP contribution >= 0.6 is 11.6 Å². The Balaban J connectivity index is 1.20. The number of pyridine rings is 2. The highest BCUT2D eigenvalue weighted by Gasteiger charge is 2.56. The first-order valence-corrected chi connectivity index (χ1v) is 14.5. The number of nitrogens with one attached hydrogen (secondary N) is 2. The van der Waals surface area contributed by atoms with E-state index in [1.807, 2.05) is 48.7 Å². The van der Waals surface area contributed by atoms with Gasteiger partial charge in [0.15, 0.2) is 0 Å². The lowest BCUT2D eigenvalue weighted by Crippen LogP contribution is -2.40. The normalized spacial score (nSPS) is 13.5. The standard InChI is InChI=1S/C33H35ClN4O3/c1-3-7-24-18-26-23(13-17-35-29(26)20-30(24)41-2)10-11-28-27(34)19-25(21-37-28)38-32(40)33(14-15-33)31(39)36-16-12-22-8-5-4-6-9-22/h4-6,8-9,13,17-21H,3,7,10-12,14-16H2,1-2H3,(H,36,39)(H,38,40). The van der Waals surface area contributed by atoms with Crippen molar-refractivity contribution in [3.8, 4) is 5.75 Å². The monoisotopic (exact) mass is 570 g/mol. The first-order valence-electron chi connectivity index (χ1n) is 14.2. The summed E-state index contributed by atoms with van der Waals surface area (Å²) in [7, 11) is 1.69. The average molecular weight is 571 g/mol. The third-order valence-electron chi connectivity index (χ3n) is 7.72. The van der Waals surface area contributed by atoms with Gasteiger partial charge in [0.2, 0.25) is 11.8 Å². The second-order valence-corrected chi connectivity index (χ2v) is 11.0. The molecule has 0 aliphatic heterocycles. The van der Waals surface area contributed by atoms with Crippen LogP contribution in [0.5, 0.6) is 5.75 Å². The average Bonchev–Trinajstić information content (AvgIpc) is 3.80. The number of rotatable bonds is 12. The Bertz CT molecular complexity index is 1550. The van der Waals surface area contributed by atoms with Gasteiger partial charge in [-0.1, -0.05) is 55.3 Å². The predicted molar refractivity (Wildman–Crippen MR) is 162 cm³/mol. The minimum Gasteiger partial charge on any atom is -0.496 e. The molecule has 2 amide bonds. The zero-order valence-corrected chi connectivity index (χ0v) is 24.3. The highest BCUT2D eigenvalue weighted by molar-refractivity contribution is 6.31. The molecule has 0 spiro atoms. The Morgan fingerprint density at radius 3 is 2.46 bits per heavy atom. The molecule has 8 heteroatoms. The SMILES string of the molecule is CCCc1cc2c(CCc3ncc(NC(=O)C4(C(=O)NCCc5ccccc5)CC4)cc3Cl)ccnc2cc1OC. The molecule has 4 aromatic rings. The van der Waals surface area contributed by atoms with E-state index in [4.69, 9.17) is 16.3 Å². The van der Waals surface area contributed by atoms with Gasteiger partial charge in [-0.05, 0) is 73.4 Å². The van der Waals surface area contributed by atoms with Crippen LogP contribution in [0.1, 0.15) is 48.6 Å². The number of hydrogen-bond donors (Lipinski definition) is 2. The zero-order valence-electron chi connectivity index (χ0n) is 23.5. The summed E-state index contributed by atoms with van der Waals surface area (Å²) < 4.78 is 5.58. The van der Waals surface area contributed by atoms with Crippen molar-refractivity contribution in [1.82, 2.24) is 15.3 Å². The summed E-state index contributed by atoms with van der Waals surface area (Å²) >= 11 is 6.60. The van der Waals surface area contributed by atoms with Gasteiger partial charge in [0.1, 0.15) is 11.2 Å². The van der Waals surface area contributed by atoms with Crippen LogP contribution in [-0.2, 0) is 35.3 Å². The molecule has 2 N–H and O–H groups in total. The second-order valence-electron chi connectivity index (χ2n) is 10.6. The third kappa shape index (κ3) is 6.51. The summed E-state index contributed by atoms with van der Waals surface area (Å²) in [6.45, 7) is 2.64. The number of carbonyl (C=O) groups is 2. The van der Waals surface area contributed by atoms with Crippen molar-refractivity contribution in [3.63, 3.8) is 0 Å². The first kappa shape index (κ1) is 28.6. The van der Waals surface area contributed by atoms with Crippen LogP contribution in [0.2, 0.25) is 5.02 Å². The molecule has 1 fully saturated rings. The molecule has 2 heterocycles. The summed E-state index contributed by atoms with van der Waals surface area (Å²) in [6, 6.07) is 17.9. The molecule has 0 unspecified atom stereocenters. The Morgan fingerprint density at radius 1 is 0.951 bits per heavy atom. The fourth-order valence-electron chi connectivity index (χ4n) is 5.19. The van der Waals surface area contributed by atoms with Gasteiger partial charge in [-0.2, -0.15) is 0 Å². The van der Waals surface area contributed by atoms with Gasteiger partial charge in [0.05, 0.1) is 35.2 Å². The van der Waals surface area contributed by atoms with E-state index in [0.29, 0.717) is 42.9 Å². The van der Waals surface area contributed by atoms with Crippen molar-refractivity contribution in [3.05, 3.63) is 94.4 Å². The molecule has 0 saturated heterocycles. The van der Waals surface area contributed by atoms with Crippen LogP contribution < -0.4 is 15.4 Å². The van der Waals surface area contributed by atoms with Crippen LogP contribution in [0.4, 0.5) is 5.69 Å². The molecule has 1 aliphatic rings. The number of aromatic nitrogens is 2. The lowest BCUT2D eigenvalue weighted by Gasteiger charge is -2.16. The number of aryl methyl sites for hydroxylation is 3. The Morgan fingerprint density at radius 2 is 1.76 bits per heavy atom. The number of amides is 2. The minimum absolute atomic E-state index is 0.231. The summed E-state index contributed by atoms with van der Waals surface area (Å²) in [5.74, 6) is 0.316. The van der Waals surface area contributed by atoms with E-state index in [0.717, 1.165) is 47.2 Å². The smallest absolute Gasteiger partial charge is 0.240 e. The quantitative estimate of drug-likeness (QED) is 0.201. The molecule has 0 atom stereocenters. The molecule has 7 nitrogen and oxygen atoms in total. The highest BCUT2D eigenvalue weighted by Crippen LogP contribution is 2.47. The van der Waals surface area contributed by atoms with E-state index in [2.05, 4.69) is 33.6 Å². The number of carbonyl (C=O) groups excluding carboxylic acids is 2. The molecule has 2 aromatic heterocycles. The highest BCUT2D eigenvalue weighted by atomic mass is 35.5. The van der Waals surface area contributed by atoms with Crippen molar-refractivity contribution in [1.29, 1.82) is 0 Å². The topological polar surface area (TPSA) is 93.2 Å². The van der Waals surface area contributed by atoms with E-state index < -0.39 is 5.41 Å². The lowest BCUT2D eigenvalue weighted by atomic mass is 9.99. The van der Waals surface area contributed by atoms with Crippen LogP contribution in [0, 0.1) is 5.41 Å². The molecule has 1 aliphatic carbocycles. The maximum atomic E-state index is 13.1. The molecule has 2 aromatic carbocycles. The molecule has 212 valence electrons. The van der Waals surface area contributed by atoms with E-state index >= 15 is 0 Å². The lowest BCUT2D eigenvalue weighted by molar-refractivity contribution is -0.134. The molecule has 41 heavy (non-hydrogen) atoms. The number of halogens is 1. The van der Waals surface area contributed by atoms with E-state index in [1.165, 1.54) is 11.1 Å². The number of methoxy groups -OCH3 is 1. The van der Waals surface area contributed by atoms with Gasteiger partial charge in [-0.3, -0.25) is 19.6 Å². The van der Waals surface area contributed by atoms with Gasteiger partial charge in [-0.25, -0.2) is 0 Å². The Labute approximate surface area is 245 Å². The van der Waals surface area contributed by atoms with Crippen LogP contribution in [0.15, 0.2) is 67.0 Å². The number of nitrogens with zero attached hydrogens (tertiary/aromatic N) is 2. The Hall–Kier alpha value is -3.97. The maximum Gasteiger partial charge on any atom is 0.240 e. The first-order chi connectivity index (χ1) is 19.9. The van der Waals surface area contributed by atoms with Gasteiger partial charge in [0.25, 0.3) is 0 Å². The summed E-state index contributed by atoms with van der Waals surface area (Å²) in [6.07, 6.45) is 8.53. The number of hydrogen-bond acceptors (Lipinski definition) is 5. The Kier molecular flexibility index (Phi) is 8.84. The minimum atomic E-state index is -1.02. The fourth-order valence-corrected chi connectivity index (χ4v) is 5.45. The number of ether oxygens (including phenoxy) is 1. The van der Waals surface area contributed by atoms with Crippen LogP contribution in [-0.4, -0.2) is 35.4 Å². The molecular weight excluding hydrogens is 536 g/mol. The third-order valence-corrected chi connectivity index (χ3v) is 8.05. The summed E-state index contributed by atoms with van der Waals surface area (Å²) in [5.41, 5.74) is 4.58.